The Labute approximate surface area is 189 Å². The molecule has 0 saturated carbocycles. The van der Waals surface area contributed by atoms with Gasteiger partial charge < -0.3 is 10.2 Å². The second-order valence-corrected chi connectivity index (χ2v) is 8.34. The zero-order valence-corrected chi connectivity index (χ0v) is 19.5. The molecule has 0 aliphatic rings. The Balaban J connectivity index is 2.17. The molecule has 1 aromatic rings. The van der Waals surface area contributed by atoms with Crippen LogP contribution in [0, 0.1) is 11.3 Å². The van der Waals surface area contributed by atoms with Gasteiger partial charge in [-0.25, -0.2) is 0 Å². The molecule has 1 aromatic carbocycles. The van der Waals surface area contributed by atoms with Crippen molar-refractivity contribution in [3.8, 4) is 6.07 Å². The minimum Gasteiger partial charge on any atom is -0.344 e. The summed E-state index contributed by atoms with van der Waals surface area (Å²) in [5.41, 5.74) is 1.11. The lowest BCUT2D eigenvalue weighted by Crippen LogP contribution is -2.42. The van der Waals surface area contributed by atoms with Crippen LogP contribution < -0.4 is 5.32 Å². The van der Waals surface area contributed by atoms with Gasteiger partial charge in [0.05, 0.1) is 12.5 Å². The summed E-state index contributed by atoms with van der Waals surface area (Å²) < 4.78 is 0. The Morgan fingerprint density at radius 1 is 0.967 bits per heavy atom. The van der Waals surface area contributed by atoms with Crippen molar-refractivity contribution >= 4 is 23.2 Å². The number of rotatable bonds is 16. The van der Waals surface area contributed by atoms with Crippen LogP contribution in [0.15, 0.2) is 30.3 Å². The molecular weight excluding hydrogens is 390 g/mol. The van der Waals surface area contributed by atoms with Gasteiger partial charge in [-0.2, -0.15) is 5.26 Å². The van der Waals surface area contributed by atoms with Crippen LogP contribution in [0.5, 0.6) is 0 Å². The maximum atomic E-state index is 12.3. The number of hydrogen-bond acceptors (Lipinski definition) is 3. The van der Waals surface area contributed by atoms with E-state index in [9.17, 15) is 4.79 Å². The van der Waals surface area contributed by atoms with Crippen molar-refractivity contribution in [1.82, 2.24) is 10.2 Å². The maximum absolute atomic E-state index is 12.3. The smallest absolute Gasteiger partial charge is 0.226 e. The lowest BCUT2D eigenvalue weighted by Gasteiger charge is -2.24. The first-order chi connectivity index (χ1) is 14.7. The van der Waals surface area contributed by atoms with Crippen LogP contribution >= 0.6 is 12.2 Å². The summed E-state index contributed by atoms with van der Waals surface area (Å²) in [6.45, 7) is 3.37. The van der Waals surface area contributed by atoms with Crippen molar-refractivity contribution in [3.63, 3.8) is 0 Å². The van der Waals surface area contributed by atoms with Gasteiger partial charge in [-0.1, -0.05) is 101 Å². The number of benzene rings is 1. The molecule has 0 saturated heterocycles. The average Bonchev–Trinajstić information content (AvgIpc) is 2.75. The third kappa shape index (κ3) is 13.3. The topological polar surface area (TPSA) is 56.1 Å². The van der Waals surface area contributed by atoms with Gasteiger partial charge in [0.2, 0.25) is 5.91 Å². The minimum absolute atomic E-state index is 0.0223. The normalized spacial score (nSPS) is 10.4. The second kappa shape index (κ2) is 17.9. The maximum Gasteiger partial charge on any atom is 0.226 e. The van der Waals surface area contributed by atoms with E-state index in [2.05, 4.69) is 18.3 Å². The van der Waals surface area contributed by atoms with E-state index < -0.39 is 0 Å². The van der Waals surface area contributed by atoms with Crippen LogP contribution in [0.2, 0.25) is 0 Å². The van der Waals surface area contributed by atoms with Crippen molar-refractivity contribution in [3.05, 3.63) is 35.9 Å². The summed E-state index contributed by atoms with van der Waals surface area (Å²) in [6, 6.07) is 12.1. The summed E-state index contributed by atoms with van der Waals surface area (Å²) in [5, 5.41) is 12.2. The Hall–Kier alpha value is -1.93. The third-order valence-corrected chi connectivity index (χ3v) is 5.61. The number of carbonyl (C=O) groups is 1. The van der Waals surface area contributed by atoms with Crippen molar-refractivity contribution in [2.75, 3.05) is 6.54 Å². The summed E-state index contributed by atoms with van der Waals surface area (Å²) in [6.07, 6.45) is 14.8. The van der Waals surface area contributed by atoms with Gasteiger partial charge in [-0.05, 0) is 24.2 Å². The molecule has 0 bridgehead atoms. The molecule has 0 fully saturated rings. The molecule has 0 unspecified atom stereocenters. The van der Waals surface area contributed by atoms with Gasteiger partial charge in [0, 0.05) is 19.5 Å². The standard InChI is InChI=1S/C25H39N3OS/c1-2-3-4-5-6-7-8-9-10-11-15-19-24(29)27-25(30)28(21-16-20-26)22-23-17-13-12-14-18-23/h12-14,17-18H,2-11,15-16,19,21-22H2,1H3,(H,27,29,30). The highest BCUT2D eigenvalue weighted by Crippen LogP contribution is 2.12. The van der Waals surface area contributed by atoms with Crippen molar-refractivity contribution in [1.29, 1.82) is 5.26 Å². The van der Waals surface area contributed by atoms with Crippen molar-refractivity contribution < 1.29 is 4.79 Å². The molecule has 4 nitrogen and oxygen atoms in total. The van der Waals surface area contributed by atoms with Crippen LogP contribution in [0.3, 0.4) is 0 Å². The number of nitrogens with one attached hydrogen (secondary N) is 1. The molecule has 0 radical (unpaired) electrons. The number of unbranched alkanes of at least 4 members (excludes halogenated alkanes) is 10. The van der Waals surface area contributed by atoms with E-state index in [0.717, 1.165) is 18.4 Å². The first-order valence-electron chi connectivity index (χ1n) is 11.7. The van der Waals surface area contributed by atoms with Gasteiger partial charge in [-0.15, -0.1) is 0 Å². The number of carbonyl (C=O) groups excluding carboxylic acids is 1. The second-order valence-electron chi connectivity index (χ2n) is 7.95. The van der Waals surface area contributed by atoms with Crippen LogP contribution in [-0.2, 0) is 11.3 Å². The largest absolute Gasteiger partial charge is 0.344 e. The number of thiocarbonyl (C=S) groups is 1. The van der Waals surface area contributed by atoms with Gasteiger partial charge in [0.1, 0.15) is 0 Å². The van der Waals surface area contributed by atoms with E-state index in [4.69, 9.17) is 17.5 Å². The lowest BCUT2D eigenvalue weighted by molar-refractivity contribution is -0.119. The molecule has 0 heterocycles. The molecule has 30 heavy (non-hydrogen) atoms. The van der Waals surface area contributed by atoms with E-state index in [-0.39, 0.29) is 5.91 Å². The van der Waals surface area contributed by atoms with E-state index >= 15 is 0 Å². The summed E-state index contributed by atoms with van der Waals surface area (Å²) >= 11 is 5.44. The highest BCUT2D eigenvalue weighted by Gasteiger charge is 2.13. The van der Waals surface area contributed by atoms with Gasteiger partial charge >= 0.3 is 0 Å². The fourth-order valence-electron chi connectivity index (χ4n) is 3.45. The number of amides is 1. The predicted octanol–water partition coefficient (Wildman–Crippen LogP) is 6.50. The molecule has 1 rings (SSSR count). The Morgan fingerprint density at radius 3 is 2.10 bits per heavy atom. The molecule has 0 atom stereocenters. The van der Waals surface area contributed by atoms with Crippen molar-refractivity contribution in [2.24, 2.45) is 0 Å². The number of nitriles is 1. The fraction of sp³-hybridized carbons (Fsp3) is 0.640. The highest BCUT2D eigenvalue weighted by atomic mass is 32.1. The summed E-state index contributed by atoms with van der Waals surface area (Å²) in [5.74, 6) is -0.0223. The van der Waals surface area contributed by atoms with Crippen LogP contribution in [0.25, 0.3) is 0 Å². The molecule has 166 valence electrons. The minimum atomic E-state index is -0.0223. The predicted molar refractivity (Wildman–Crippen MR) is 129 cm³/mol. The van der Waals surface area contributed by atoms with Gasteiger partial charge in [0.15, 0.2) is 5.11 Å². The van der Waals surface area contributed by atoms with Crippen molar-refractivity contribution in [2.45, 2.75) is 96.9 Å². The van der Waals surface area contributed by atoms with E-state index in [1.165, 1.54) is 57.8 Å². The fourth-order valence-corrected chi connectivity index (χ4v) is 3.72. The van der Waals surface area contributed by atoms with Crippen LogP contribution in [0.4, 0.5) is 0 Å². The molecule has 1 N–H and O–H groups in total. The Bertz CT molecular complexity index is 627. The summed E-state index contributed by atoms with van der Waals surface area (Å²) in [4.78, 5) is 14.1. The monoisotopic (exact) mass is 429 g/mol. The number of hydrogen-bond donors (Lipinski definition) is 1. The average molecular weight is 430 g/mol. The zero-order valence-electron chi connectivity index (χ0n) is 18.7. The quantitative estimate of drug-likeness (QED) is 0.240. The SMILES string of the molecule is CCCCCCCCCCCCCC(=O)NC(=S)N(CCC#N)Cc1ccccc1. The first kappa shape index (κ1) is 26.1. The van der Waals surface area contributed by atoms with E-state index in [1.54, 1.807) is 0 Å². The highest BCUT2D eigenvalue weighted by molar-refractivity contribution is 7.80. The van der Waals surface area contributed by atoms with E-state index in [1.807, 2.05) is 35.2 Å². The van der Waals surface area contributed by atoms with Gasteiger partial charge in [0.25, 0.3) is 0 Å². The molecule has 0 spiro atoms. The molecule has 0 aliphatic heterocycles. The zero-order chi connectivity index (χ0) is 21.9. The third-order valence-electron chi connectivity index (χ3n) is 5.25. The molecule has 1 amide bonds. The molecular formula is C25H39N3OS. The number of nitrogens with zero attached hydrogens (tertiary/aromatic N) is 2. The molecule has 0 aromatic heterocycles. The molecule has 5 heteroatoms. The summed E-state index contributed by atoms with van der Waals surface area (Å²) in [7, 11) is 0. The van der Waals surface area contributed by atoms with Crippen LogP contribution in [-0.4, -0.2) is 22.5 Å². The Kier molecular flexibility index (Phi) is 15.6. The van der Waals surface area contributed by atoms with Gasteiger partial charge in [-0.3, -0.25) is 4.79 Å². The van der Waals surface area contributed by atoms with E-state index in [0.29, 0.717) is 31.0 Å². The van der Waals surface area contributed by atoms with Crippen LogP contribution in [0.1, 0.15) is 96.0 Å². The molecule has 0 aliphatic carbocycles. The lowest BCUT2D eigenvalue weighted by atomic mass is 10.1. The first-order valence-corrected chi connectivity index (χ1v) is 12.1. The Morgan fingerprint density at radius 2 is 1.53 bits per heavy atom.